The number of aromatic amines is 1. The van der Waals surface area contributed by atoms with E-state index in [1.807, 2.05) is 25.1 Å². The summed E-state index contributed by atoms with van der Waals surface area (Å²) in [5.41, 5.74) is 0.0771. The molecule has 20 heavy (non-hydrogen) atoms. The summed E-state index contributed by atoms with van der Waals surface area (Å²) in [4.78, 5) is 26.8. The number of H-pyrrole nitrogens is 1. The first-order chi connectivity index (χ1) is 9.52. The average Bonchev–Trinajstić information content (AvgIpc) is 2.46. The van der Waals surface area contributed by atoms with E-state index in [2.05, 4.69) is 24.1 Å². The number of rotatable bonds is 4. The number of aromatic nitrogens is 1. The van der Waals surface area contributed by atoms with Gasteiger partial charge in [-0.05, 0) is 30.4 Å². The average molecular weight is 272 g/mol. The largest absolute Gasteiger partial charge is 0.348 e. The van der Waals surface area contributed by atoms with Crippen molar-refractivity contribution < 1.29 is 4.79 Å². The predicted octanol–water partition coefficient (Wildman–Crippen LogP) is 2.69. The van der Waals surface area contributed by atoms with Gasteiger partial charge in [0.25, 0.3) is 11.5 Å². The number of benzene rings is 1. The van der Waals surface area contributed by atoms with E-state index in [-0.39, 0.29) is 17.5 Å². The number of pyridine rings is 1. The Morgan fingerprint density at radius 2 is 2.00 bits per heavy atom. The highest BCUT2D eigenvalue weighted by Gasteiger charge is 2.15. The van der Waals surface area contributed by atoms with E-state index in [1.54, 1.807) is 12.1 Å². The summed E-state index contributed by atoms with van der Waals surface area (Å²) in [6.45, 7) is 6.16. The van der Waals surface area contributed by atoms with E-state index >= 15 is 0 Å². The van der Waals surface area contributed by atoms with E-state index in [0.717, 1.165) is 11.8 Å². The Bertz CT molecular complexity index is 675. The molecule has 0 aliphatic carbocycles. The molecule has 2 atom stereocenters. The van der Waals surface area contributed by atoms with Crippen LogP contribution in [0.3, 0.4) is 0 Å². The number of hydrogen-bond donors (Lipinski definition) is 2. The lowest BCUT2D eigenvalue weighted by Crippen LogP contribution is -2.37. The zero-order chi connectivity index (χ0) is 14.7. The maximum absolute atomic E-state index is 12.2. The summed E-state index contributed by atoms with van der Waals surface area (Å²) in [5, 5.41) is 4.30. The summed E-state index contributed by atoms with van der Waals surface area (Å²) >= 11 is 0. The SMILES string of the molecule is CC[C@@H](C)[C@@H](C)NC(=O)c1cc2ccccc2c(=O)[nH]1. The summed E-state index contributed by atoms with van der Waals surface area (Å²) < 4.78 is 0. The first-order valence-corrected chi connectivity index (χ1v) is 6.96. The van der Waals surface area contributed by atoms with E-state index in [9.17, 15) is 9.59 Å². The molecule has 0 fully saturated rings. The zero-order valence-electron chi connectivity index (χ0n) is 12.1. The molecule has 1 aromatic carbocycles. The molecule has 2 rings (SSSR count). The van der Waals surface area contributed by atoms with Gasteiger partial charge in [0.1, 0.15) is 5.69 Å². The summed E-state index contributed by atoms with van der Waals surface area (Å²) in [6.07, 6.45) is 0.996. The van der Waals surface area contributed by atoms with Crippen LogP contribution in [0.1, 0.15) is 37.7 Å². The van der Waals surface area contributed by atoms with Gasteiger partial charge in [-0.15, -0.1) is 0 Å². The van der Waals surface area contributed by atoms with Gasteiger partial charge in [0.05, 0.1) is 0 Å². The van der Waals surface area contributed by atoms with E-state index in [4.69, 9.17) is 0 Å². The summed E-state index contributed by atoms with van der Waals surface area (Å²) in [5.74, 6) is 0.159. The molecular weight excluding hydrogens is 252 g/mol. The first kappa shape index (κ1) is 14.3. The number of carbonyl (C=O) groups is 1. The normalized spacial score (nSPS) is 13.9. The fourth-order valence-corrected chi connectivity index (χ4v) is 2.11. The van der Waals surface area contributed by atoms with Crippen LogP contribution in [-0.2, 0) is 0 Å². The number of hydrogen-bond acceptors (Lipinski definition) is 2. The lowest BCUT2D eigenvalue weighted by atomic mass is 10.0. The molecule has 106 valence electrons. The summed E-state index contributed by atoms with van der Waals surface area (Å²) in [7, 11) is 0. The quantitative estimate of drug-likeness (QED) is 0.899. The van der Waals surface area contributed by atoms with Crippen molar-refractivity contribution in [3.63, 3.8) is 0 Å². The van der Waals surface area contributed by atoms with Gasteiger partial charge in [0.2, 0.25) is 0 Å². The third-order valence-electron chi connectivity index (χ3n) is 3.85. The van der Waals surface area contributed by atoms with E-state index in [1.165, 1.54) is 0 Å². The number of fused-ring (bicyclic) bond motifs is 1. The Morgan fingerprint density at radius 1 is 1.30 bits per heavy atom. The molecule has 4 heteroatoms. The molecule has 0 unspecified atom stereocenters. The Balaban J connectivity index is 2.29. The molecule has 1 amide bonds. The zero-order valence-corrected chi connectivity index (χ0v) is 12.1. The number of carbonyl (C=O) groups excluding carboxylic acids is 1. The minimum Gasteiger partial charge on any atom is -0.348 e. The van der Waals surface area contributed by atoms with Crippen molar-refractivity contribution in [1.82, 2.24) is 10.3 Å². The predicted molar refractivity (Wildman–Crippen MR) is 81.0 cm³/mol. The standard InChI is InChI=1S/C16H20N2O2/c1-4-10(2)11(3)17-16(20)14-9-12-7-5-6-8-13(12)15(19)18-14/h5-11H,4H2,1-3H3,(H,17,20)(H,18,19)/t10-,11-/m1/s1. The lowest BCUT2D eigenvalue weighted by Gasteiger charge is -2.19. The number of amides is 1. The Hall–Kier alpha value is -2.10. The van der Waals surface area contributed by atoms with Gasteiger partial charge >= 0.3 is 0 Å². The Kier molecular flexibility index (Phi) is 4.23. The Morgan fingerprint density at radius 3 is 2.70 bits per heavy atom. The van der Waals surface area contributed by atoms with Gasteiger partial charge < -0.3 is 10.3 Å². The minimum absolute atomic E-state index is 0.0717. The van der Waals surface area contributed by atoms with E-state index < -0.39 is 0 Å². The second-order valence-electron chi connectivity index (χ2n) is 5.25. The molecule has 0 bridgehead atoms. The molecule has 0 spiro atoms. The van der Waals surface area contributed by atoms with Gasteiger partial charge in [-0.2, -0.15) is 0 Å². The van der Waals surface area contributed by atoms with E-state index in [0.29, 0.717) is 17.0 Å². The summed E-state index contributed by atoms with van der Waals surface area (Å²) in [6, 6.07) is 9.03. The van der Waals surface area contributed by atoms with Crippen LogP contribution >= 0.6 is 0 Å². The molecule has 2 N–H and O–H groups in total. The molecule has 2 aromatic rings. The van der Waals surface area contributed by atoms with Crippen LogP contribution in [0.5, 0.6) is 0 Å². The molecule has 1 heterocycles. The van der Waals surface area contributed by atoms with Crippen LogP contribution in [0.2, 0.25) is 0 Å². The van der Waals surface area contributed by atoms with Crippen molar-refractivity contribution >= 4 is 16.7 Å². The van der Waals surface area contributed by atoms with Crippen LogP contribution in [-0.4, -0.2) is 16.9 Å². The van der Waals surface area contributed by atoms with Gasteiger partial charge in [0.15, 0.2) is 0 Å². The second-order valence-corrected chi connectivity index (χ2v) is 5.25. The smallest absolute Gasteiger partial charge is 0.268 e. The highest BCUT2D eigenvalue weighted by molar-refractivity contribution is 5.96. The molecule has 0 radical (unpaired) electrons. The minimum atomic E-state index is -0.236. The van der Waals surface area contributed by atoms with Gasteiger partial charge in [0, 0.05) is 11.4 Å². The van der Waals surface area contributed by atoms with Gasteiger partial charge in [-0.3, -0.25) is 9.59 Å². The maximum atomic E-state index is 12.2. The lowest BCUT2D eigenvalue weighted by molar-refractivity contribution is 0.0923. The van der Waals surface area contributed by atoms with Crippen LogP contribution in [0, 0.1) is 5.92 Å². The van der Waals surface area contributed by atoms with Crippen LogP contribution < -0.4 is 10.9 Å². The van der Waals surface area contributed by atoms with Crippen molar-refractivity contribution in [1.29, 1.82) is 0 Å². The third-order valence-corrected chi connectivity index (χ3v) is 3.85. The first-order valence-electron chi connectivity index (χ1n) is 6.96. The third kappa shape index (κ3) is 2.90. The molecular formula is C16H20N2O2. The second kappa shape index (κ2) is 5.90. The molecule has 4 nitrogen and oxygen atoms in total. The molecule has 1 aromatic heterocycles. The van der Waals surface area contributed by atoms with Crippen molar-refractivity contribution in [2.75, 3.05) is 0 Å². The van der Waals surface area contributed by atoms with Crippen molar-refractivity contribution in [3.8, 4) is 0 Å². The van der Waals surface area contributed by atoms with Crippen molar-refractivity contribution in [2.45, 2.75) is 33.2 Å². The van der Waals surface area contributed by atoms with Crippen LogP contribution in [0.4, 0.5) is 0 Å². The van der Waals surface area contributed by atoms with Gasteiger partial charge in [-0.1, -0.05) is 38.5 Å². The van der Waals surface area contributed by atoms with Crippen LogP contribution in [0.25, 0.3) is 10.8 Å². The molecule has 0 aliphatic rings. The number of nitrogens with one attached hydrogen (secondary N) is 2. The highest BCUT2D eigenvalue weighted by atomic mass is 16.2. The fourth-order valence-electron chi connectivity index (χ4n) is 2.11. The highest BCUT2D eigenvalue weighted by Crippen LogP contribution is 2.11. The van der Waals surface area contributed by atoms with Crippen molar-refractivity contribution in [2.24, 2.45) is 5.92 Å². The Labute approximate surface area is 118 Å². The topological polar surface area (TPSA) is 62.0 Å². The van der Waals surface area contributed by atoms with Crippen molar-refractivity contribution in [3.05, 3.63) is 46.4 Å². The maximum Gasteiger partial charge on any atom is 0.268 e. The molecule has 0 saturated carbocycles. The molecule has 0 saturated heterocycles. The fraction of sp³-hybridized carbons (Fsp3) is 0.375. The van der Waals surface area contributed by atoms with Crippen LogP contribution in [0.15, 0.2) is 35.1 Å². The molecule has 0 aliphatic heterocycles. The monoisotopic (exact) mass is 272 g/mol. The van der Waals surface area contributed by atoms with Gasteiger partial charge in [-0.25, -0.2) is 0 Å².